The number of hydrogen-bond acceptors (Lipinski definition) is 2. The molecule has 1 atom stereocenters. The zero-order valence-electron chi connectivity index (χ0n) is 10.8. The van der Waals surface area contributed by atoms with E-state index in [1.165, 1.54) is 25.3 Å². The van der Waals surface area contributed by atoms with Crippen LogP contribution < -0.4 is 10.5 Å². The van der Waals surface area contributed by atoms with Gasteiger partial charge in [-0.1, -0.05) is 18.2 Å². The minimum Gasteiger partial charge on any atom is -0.497 e. The van der Waals surface area contributed by atoms with Crippen molar-refractivity contribution in [3.8, 4) is 5.75 Å². The molecule has 1 unspecified atom stereocenters. The van der Waals surface area contributed by atoms with Gasteiger partial charge in [0.25, 0.3) is 0 Å². The Kier molecular flexibility index (Phi) is 3.53. The van der Waals surface area contributed by atoms with Crippen molar-refractivity contribution in [2.45, 2.75) is 12.5 Å². The molecular weight excluding hydrogens is 248 g/mol. The molecule has 2 rings (SSSR count). The van der Waals surface area contributed by atoms with Gasteiger partial charge in [0, 0.05) is 11.6 Å². The lowest BCUT2D eigenvalue weighted by Gasteiger charge is -2.26. The molecule has 0 spiro atoms. The second-order valence-electron chi connectivity index (χ2n) is 4.56. The summed E-state index contributed by atoms with van der Waals surface area (Å²) in [5.74, 6) is -0.465. The Hall–Kier alpha value is -1.94. The van der Waals surface area contributed by atoms with E-state index in [2.05, 4.69) is 0 Å². The number of methoxy groups -OCH3 is 1. The molecule has 2 aromatic rings. The van der Waals surface area contributed by atoms with Crippen LogP contribution in [0.2, 0.25) is 0 Å². The molecule has 0 aliphatic carbocycles. The Balaban J connectivity index is 2.50. The second-order valence-corrected chi connectivity index (χ2v) is 4.56. The summed E-state index contributed by atoms with van der Waals surface area (Å²) >= 11 is 0. The number of benzene rings is 2. The van der Waals surface area contributed by atoms with Gasteiger partial charge in [-0.2, -0.15) is 0 Å². The van der Waals surface area contributed by atoms with Crippen molar-refractivity contribution < 1.29 is 13.5 Å². The maximum Gasteiger partial charge on any atom is 0.132 e. The van der Waals surface area contributed by atoms with Gasteiger partial charge in [0.2, 0.25) is 0 Å². The Labute approximate surface area is 110 Å². The SMILES string of the molecule is COc1ccc(C(C)(N)c2cccc(F)c2)c(F)c1. The van der Waals surface area contributed by atoms with Crippen LogP contribution in [-0.4, -0.2) is 7.11 Å². The van der Waals surface area contributed by atoms with Gasteiger partial charge in [-0.15, -0.1) is 0 Å². The highest BCUT2D eigenvalue weighted by Crippen LogP contribution is 2.30. The summed E-state index contributed by atoms with van der Waals surface area (Å²) in [6.07, 6.45) is 0. The van der Waals surface area contributed by atoms with Gasteiger partial charge in [0.05, 0.1) is 12.6 Å². The van der Waals surface area contributed by atoms with Gasteiger partial charge in [-0.25, -0.2) is 8.78 Å². The molecule has 0 bridgehead atoms. The van der Waals surface area contributed by atoms with E-state index in [1.54, 1.807) is 31.2 Å². The Morgan fingerprint density at radius 2 is 1.84 bits per heavy atom. The maximum absolute atomic E-state index is 14.1. The molecule has 19 heavy (non-hydrogen) atoms. The molecule has 0 aliphatic heterocycles. The van der Waals surface area contributed by atoms with Crippen LogP contribution in [0.15, 0.2) is 42.5 Å². The van der Waals surface area contributed by atoms with E-state index in [0.717, 1.165) is 0 Å². The Bertz CT molecular complexity index is 596. The highest BCUT2D eigenvalue weighted by Gasteiger charge is 2.27. The normalized spacial score (nSPS) is 13.9. The zero-order valence-corrected chi connectivity index (χ0v) is 10.8. The first-order chi connectivity index (χ1) is 8.95. The van der Waals surface area contributed by atoms with Gasteiger partial charge < -0.3 is 10.5 Å². The van der Waals surface area contributed by atoms with Crippen molar-refractivity contribution in [1.82, 2.24) is 0 Å². The second kappa shape index (κ2) is 4.97. The fraction of sp³-hybridized carbons (Fsp3) is 0.200. The van der Waals surface area contributed by atoms with Crippen molar-refractivity contribution >= 4 is 0 Å². The lowest BCUT2D eigenvalue weighted by atomic mass is 9.85. The third kappa shape index (κ3) is 2.58. The smallest absolute Gasteiger partial charge is 0.132 e. The molecule has 2 N–H and O–H groups in total. The van der Waals surface area contributed by atoms with Gasteiger partial charge in [-0.3, -0.25) is 0 Å². The van der Waals surface area contributed by atoms with Crippen LogP contribution in [0.4, 0.5) is 8.78 Å². The first-order valence-corrected chi connectivity index (χ1v) is 5.84. The minimum atomic E-state index is -1.11. The largest absolute Gasteiger partial charge is 0.497 e. The van der Waals surface area contributed by atoms with Gasteiger partial charge in [0.15, 0.2) is 0 Å². The lowest BCUT2D eigenvalue weighted by molar-refractivity contribution is 0.409. The summed E-state index contributed by atoms with van der Waals surface area (Å²) in [4.78, 5) is 0. The van der Waals surface area contributed by atoms with E-state index in [4.69, 9.17) is 10.5 Å². The van der Waals surface area contributed by atoms with Gasteiger partial charge in [-0.05, 0) is 30.7 Å². The summed E-state index contributed by atoms with van der Waals surface area (Å²) in [6, 6.07) is 10.3. The molecule has 0 radical (unpaired) electrons. The molecule has 4 heteroatoms. The van der Waals surface area contributed by atoms with Crippen LogP contribution in [0, 0.1) is 11.6 Å². The molecule has 0 amide bonds. The van der Waals surface area contributed by atoms with E-state index in [9.17, 15) is 8.78 Å². The summed E-state index contributed by atoms with van der Waals surface area (Å²) in [7, 11) is 1.46. The average Bonchev–Trinajstić information content (AvgIpc) is 2.38. The topological polar surface area (TPSA) is 35.2 Å². The molecule has 0 aromatic heterocycles. The van der Waals surface area contributed by atoms with Crippen LogP contribution in [-0.2, 0) is 5.54 Å². The van der Waals surface area contributed by atoms with Crippen molar-refractivity contribution in [3.63, 3.8) is 0 Å². The van der Waals surface area contributed by atoms with Crippen molar-refractivity contribution in [2.24, 2.45) is 5.73 Å². The van der Waals surface area contributed by atoms with Crippen LogP contribution in [0.5, 0.6) is 5.75 Å². The molecule has 0 saturated carbocycles. The van der Waals surface area contributed by atoms with Crippen LogP contribution >= 0.6 is 0 Å². The molecule has 2 nitrogen and oxygen atoms in total. The molecular formula is C15H15F2NO. The Morgan fingerprint density at radius 3 is 2.42 bits per heavy atom. The third-order valence-corrected chi connectivity index (χ3v) is 3.16. The number of rotatable bonds is 3. The van der Waals surface area contributed by atoms with E-state index >= 15 is 0 Å². The fourth-order valence-corrected chi connectivity index (χ4v) is 2.01. The minimum absolute atomic E-state index is 0.291. The highest BCUT2D eigenvalue weighted by atomic mass is 19.1. The van der Waals surface area contributed by atoms with Crippen molar-refractivity contribution in [3.05, 3.63) is 65.2 Å². The lowest BCUT2D eigenvalue weighted by Crippen LogP contribution is -2.35. The molecule has 0 aliphatic rings. The standard InChI is InChI=1S/C15H15F2NO/c1-15(18,10-4-3-5-11(16)8-10)13-7-6-12(19-2)9-14(13)17/h3-9H,18H2,1-2H3. The average molecular weight is 263 g/mol. The molecule has 0 saturated heterocycles. The van der Waals surface area contributed by atoms with Gasteiger partial charge in [0.1, 0.15) is 17.4 Å². The first-order valence-electron chi connectivity index (χ1n) is 5.84. The maximum atomic E-state index is 14.1. The number of halogens is 2. The van der Waals surface area contributed by atoms with E-state index < -0.39 is 17.2 Å². The van der Waals surface area contributed by atoms with E-state index in [-0.39, 0.29) is 0 Å². The number of nitrogens with two attached hydrogens (primary N) is 1. The molecule has 0 fully saturated rings. The molecule has 2 aromatic carbocycles. The van der Waals surface area contributed by atoms with Crippen LogP contribution in [0.25, 0.3) is 0 Å². The number of ether oxygens (including phenoxy) is 1. The predicted molar refractivity (Wildman–Crippen MR) is 70.0 cm³/mol. The summed E-state index contributed by atoms with van der Waals surface area (Å²) in [6.45, 7) is 1.65. The highest BCUT2D eigenvalue weighted by molar-refractivity contribution is 5.40. The van der Waals surface area contributed by atoms with Crippen LogP contribution in [0.1, 0.15) is 18.1 Å². The summed E-state index contributed by atoms with van der Waals surface area (Å²) in [5.41, 5.74) is 5.86. The zero-order chi connectivity index (χ0) is 14.0. The summed E-state index contributed by atoms with van der Waals surface area (Å²) in [5, 5.41) is 0. The predicted octanol–water partition coefficient (Wildman–Crippen LogP) is 3.20. The first kappa shape index (κ1) is 13.5. The van der Waals surface area contributed by atoms with Crippen molar-refractivity contribution in [1.29, 1.82) is 0 Å². The number of hydrogen-bond donors (Lipinski definition) is 1. The quantitative estimate of drug-likeness (QED) is 0.923. The van der Waals surface area contributed by atoms with Gasteiger partial charge >= 0.3 is 0 Å². The van der Waals surface area contributed by atoms with Crippen molar-refractivity contribution in [2.75, 3.05) is 7.11 Å². The third-order valence-electron chi connectivity index (χ3n) is 3.16. The summed E-state index contributed by atoms with van der Waals surface area (Å²) < 4.78 is 32.3. The Morgan fingerprint density at radius 1 is 1.11 bits per heavy atom. The fourth-order valence-electron chi connectivity index (χ4n) is 2.01. The molecule has 100 valence electrons. The van der Waals surface area contributed by atoms with E-state index in [1.807, 2.05) is 0 Å². The monoisotopic (exact) mass is 263 g/mol. The van der Waals surface area contributed by atoms with E-state index in [0.29, 0.717) is 16.9 Å². The molecule has 0 heterocycles. The van der Waals surface area contributed by atoms with Crippen LogP contribution in [0.3, 0.4) is 0 Å².